The highest BCUT2D eigenvalue weighted by molar-refractivity contribution is 6.13. The first-order valence-corrected chi connectivity index (χ1v) is 6.66. The summed E-state index contributed by atoms with van der Waals surface area (Å²) in [6, 6.07) is 16.3. The van der Waals surface area contributed by atoms with E-state index in [0.29, 0.717) is 18.4 Å². The summed E-state index contributed by atoms with van der Waals surface area (Å²) in [4.78, 5) is 16.1. The lowest BCUT2D eigenvalue weighted by molar-refractivity contribution is 0.100. The number of aliphatic imine (C=N–C) groups is 1. The molecule has 20 heavy (non-hydrogen) atoms. The Bertz CT molecular complexity index is 664. The van der Waals surface area contributed by atoms with E-state index in [9.17, 15) is 9.18 Å². The van der Waals surface area contributed by atoms with Gasteiger partial charge in [-0.15, -0.1) is 0 Å². The van der Waals surface area contributed by atoms with E-state index in [4.69, 9.17) is 0 Å². The second-order valence-electron chi connectivity index (χ2n) is 4.83. The molecule has 1 aliphatic carbocycles. The predicted octanol–water partition coefficient (Wildman–Crippen LogP) is 3.60. The van der Waals surface area contributed by atoms with Gasteiger partial charge >= 0.3 is 0 Å². The van der Waals surface area contributed by atoms with E-state index in [2.05, 4.69) is 4.99 Å². The summed E-state index contributed by atoms with van der Waals surface area (Å²) in [6.45, 7) is 0. The van der Waals surface area contributed by atoms with Gasteiger partial charge in [0.2, 0.25) is 0 Å². The summed E-state index contributed by atoms with van der Waals surface area (Å²) in [5.74, 6) is -0.389. The lowest BCUT2D eigenvalue weighted by atomic mass is 9.89. The van der Waals surface area contributed by atoms with Crippen molar-refractivity contribution in [2.24, 2.45) is 4.99 Å². The van der Waals surface area contributed by atoms with Crippen LogP contribution in [-0.2, 0) is 6.42 Å². The third kappa shape index (κ3) is 2.39. The standard InChI is InChI=1S/C17H14FNO/c18-15-11-10-12-6-4-5-9-14(12)16(15)19-17(20)13-7-2-1-3-8-13/h1-9,15H,10-11H2/t15-/m1/s1. The summed E-state index contributed by atoms with van der Waals surface area (Å²) in [6.07, 6.45) is -0.0917. The van der Waals surface area contributed by atoms with Crippen molar-refractivity contribution in [3.05, 3.63) is 71.3 Å². The first-order chi connectivity index (χ1) is 9.75. The lowest BCUT2D eigenvalue weighted by Gasteiger charge is -2.20. The molecule has 0 fully saturated rings. The van der Waals surface area contributed by atoms with Crippen LogP contribution in [0.1, 0.15) is 27.9 Å². The fourth-order valence-corrected chi connectivity index (χ4v) is 2.46. The predicted molar refractivity (Wildman–Crippen MR) is 77.0 cm³/mol. The number of halogens is 1. The van der Waals surface area contributed by atoms with Gasteiger partial charge in [-0.2, -0.15) is 0 Å². The Kier molecular flexibility index (Phi) is 3.42. The van der Waals surface area contributed by atoms with Crippen molar-refractivity contribution in [2.75, 3.05) is 0 Å². The van der Waals surface area contributed by atoms with Crippen LogP contribution in [0.4, 0.5) is 4.39 Å². The molecule has 2 aromatic carbocycles. The van der Waals surface area contributed by atoms with Crippen LogP contribution >= 0.6 is 0 Å². The van der Waals surface area contributed by atoms with Gasteiger partial charge in [-0.05, 0) is 30.5 Å². The molecule has 0 N–H and O–H groups in total. The van der Waals surface area contributed by atoms with Crippen LogP contribution in [0.5, 0.6) is 0 Å². The molecule has 0 saturated carbocycles. The van der Waals surface area contributed by atoms with E-state index in [1.807, 2.05) is 30.3 Å². The second-order valence-corrected chi connectivity index (χ2v) is 4.83. The number of aryl methyl sites for hydroxylation is 1. The molecule has 2 aromatic rings. The van der Waals surface area contributed by atoms with Crippen molar-refractivity contribution in [3.63, 3.8) is 0 Å². The number of carbonyl (C=O) groups is 1. The Morgan fingerprint density at radius 2 is 1.75 bits per heavy atom. The normalized spacial score (nSPS) is 19.6. The van der Waals surface area contributed by atoms with Crippen LogP contribution in [-0.4, -0.2) is 17.8 Å². The van der Waals surface area contributed by atoms with E-state index >= 15 is 0 Å². The number of nitrogens with zero attached hydrogens (tertiary/aromatic N) is 1. The highest BCUT2D eigenvalue weighted by Crippen LogP contribution is 2.24. The molecule has 3 rings (SSSR count). The maximum Gasteiger partial charge on any atom is 0.277 e. The second kappa shape index (κ2) is 5.37. The highest BCUT2D eigenvalue weighted by Gasteiger charge is 2.25. The third-order valence-corrected chi connectivity index (χ3v) is 3.50. The van der Waals surface area contributed by atoms with Gasteiger partial charge in [0.05, 0.1) is 5.71 Å². The zero-order valence-electron chi connectivity index (χ0n) is 10.9. The minimum atomic E-state index is -1.17. The fraction of sp³-hybridized carbons (Fsp3) is 0.176. The van der Waals surface area contributed by atoms with Crippen molar-refractivity contribution < 1.29 is 9.18 Å². The van der Waals surface area contributed by atoms with Gasteiger partial charge in [-0.25, -0.2) is 9.38 Å². The largest absolute Gasteiger partial charge is 0.277 e. The van der Waals surface area contributed by atoms with Crippen LogP contribution in [0.25, 0.3) is 0 Å². The molecular weight excluding hydrogens is 253 g/mol. The van der Waals surface area contributed by atoms with Crippen molar-refractivity contribution in [1.82, 2.24) is 0 Å². The Morgan fingerprint density at radius 1 is 1.05 bits per heavy atom. The Balaban J connectivity index is 2.01. The number of rotatable bonds is 1. The molecule has 0 radical (unpaired) electrons. The Hall–Kier alpha value is -2.29. The molecule has 2 nitrogen and oxygen atoms in total. The van der Waals surface area contributed by atoms with Crippen LogP contribution < -0.4 is 0 Å². The molecule has 1 amide bonds. The molecule has 100 valence electrons. The van der Waals surface area contributed by atoms with Gasteiger partial charge in [0.1, 0.15) is 6.17 Å². The van der Waals surface area contributed by atoms with Crippen molar-refractivity contribution in [3.8, 4) is 0 Å². The van der Waals surface area contributed by atoms with E-state index < -0.39 is 6.17 Å². The summed E-state index contributed by atoms with van der Waals surface area (Å²) in [5.41, 5.74) is 2.56. The first-order valence-electron chi connectivity index (χ1n) is 6.66. The number of amides is 1. The van der Waals surface area contributed by atoms with Crippen LogP contribution in [0.15, 0.2) is 59.6 Å². The molecule has 1 atom stereocenters. The van der Waals surface area contributed by atoms with Gasteiger partial charge in [-0.1, -0.05) is 42.5 Å². The highest BCUT2D eigenvalue weighted by atomic mass is 19.1. The molecule has 0 aliphatic heterocycles. The average molecular weight is 267 g/mol. The van der Waals surface area contributed by atoms with Gasteiger partial charge in [0.15, 0.2) is 0 Å². The van der Waals surface area contributed by atoms with Crippen LogP contribution in [0.2, 0.25) is 0 Å². The van der Waals surface area contributed by atoms with E-state index in [1.54, 1.807) is 24.3 Å². The first kappa shape index (κ1) is 12.7. The number of hydrogen-bond donors (Lipinski definition) is 0. The lowest BCUT2D eigenvalue weighted by Crippen LogP contribution is -2.25. The third-order valence-electron chi connectivity index (χ3n) is 3.50. The zero-order chi connectivity index (χ0) is 13.9. The van der Waals surface area contributed by atoms with Crippen molar-refractivity contribution in [1.29, 1.82) is 0 Å². The molecular formula is C17H14FNO. The quantitative estimate of drug-likeness (QED) is 0.776. The van der Waals surface area contributed by atoms with Gasteiger partial charge in [-0.3, -0.25) is 4.79 Å². The van der Waals surface area contributed by atoms with Gasteiger partial charge in [0, 0.05) is 11.1 Å². The number of carbonyl (C=O) groups excluding carboxylic acids is 1. The maximum absolute atomic E-state index is 14.1. The van der Waals surface area contributed by atoms with Crippen LogP contribution in [0.3, 0.4) is 0 Å². The molecule has 0 bridgehead atoms. The molecule has 0 aromatic heterocycles. The topological polar surface area (TPSA) is 29.4 Å². The van der Waals surface area contributed by atoms with E-state index in [1.165, 1.54) is 0 Å². The van der Waals surface area contributed by atoms with E-state index in [-0.39, 0.29) is 11.6 Å². The Morgan fingerprint density at radius 3 is 2.55 bits per heavy atom. The molecule has 3 heteroatoms. The number of hydrogen-bond acceptors (Lipinski definition) is 1. The van der Waals surface area contributed by atoms with Crippen molar-refractivity contribution >= 4 is 11.6 Å². The molecule has 0 heterocycles. The number of fused-ring (bicyclic) bond motifs is 1. The summed E-state index contributed by atoms with van der Waals surface area (Å²) >= 11 is 0. The van der Waals surface area contributed by atoms with Crippen LogP contribution in [0, 0.1) is 0 Å². The SMILES string of the molecule is O=C(N=C1c2ccccc2CC[C@H]1F)c1ccccc1. The minimum absolute atomic E-state index is 0.265. The van der Waals surface area contributed by atoms with Crippen molar-refractivity contribution in [2.45, 2.75) is 19.0 Å². The minimum Gasteiger partial charge on any atom is -0.267 e. The molecule has 0 spiro atoms. The average Bonchev–Trinajstić information content (AvgIpc) is 2.51. The Labute approximate surface area is 117 Å². The summed E-state index contributed by atoms with van der Waals surface area (Å²) in [5, 5.41) is 0. The summed E-state index contributed by atoms with van der Waals surface area (Å²) in [7, 11) is 0. The molecule has 1 aliphatic rings. The number of benzene rings is 2. The van der Waals surface area contributed by atoms with Gasteiger partial charge in [0.25, 0.3) is 5.91 Å². The summed E-state index contributed by atoms with van der Waals surface area (Å²) < 4.78 is 14.1. The molecule has 0 unspecified atom stereocenters. The smallest absolute Gasteiger partial charge is 0.267 e. The fourth-order valence-electron chi connectivity index (χ4n) is 2.46. The zero-order valence-corrected chi connectivity index (χ0v) is 10.9. The maximum atomic E-state index is 14.1. The monoisotopic (exact) mass is 267 g/mol. The van der Waals surface area contributed by atoms with Gasteiger partial charge < -0.3 is 0 Å². The van der Waals surface area contributed by atoms with E-state index in [0.717, 1.165) is 11.1 Å². The molecule has 0 saturated heterocycles. The number of alkyl halides is 1.